The Hall–Kier alpha value is -2.88. The summed E-state index contributed by atoms with van der Waals surface area (Å²) in [5.74, 6) is -2.57. The summed E-state index contributed by atoms with van der Waals surface area (Å²) < 4.78 is 62.0. The van der Waals surface area contributed by atoms with E-state index in [4.69, 9.17) is 36.8 Å². The highest BCUT2D eigenvalue weighted by atomic mass is 32.2. The molecule has 3 heterocycles. The molecular formula is C26H40N7O19P3S2. The fourth-order valence-electron chi connectivity index (χ4n) is 4.68. The molecule has 2 aromatic rings. The van der Waals surface area contributed by atoms with Crippen LogP contribution in [0.2, 0.25) is 0 Å². The predicted octanol–water partition coefficient (Wildman–Crippen LogP) is -1.10. The molecular weight excluding hydrogens is 871 g/mol. The zero-order valence-electron chi connectivity index (χ0n) is 29.8. The number of aliphatic carboxylic acids is 1. The van der Waals surface area contributed by atoms with Gasteiger partial charge in [-0.25, -0.2) is 28.6 Å². The third kappa shape index (κ3) is 15.0. The molecule has 0 aromatic carbocycles. The molecule has 0 bridgehead atoms. The Labute approximate surface area is 331 Å². The number of phosphoric acid groups is 3. The number of rotatable bonds is 23. The maximum Gasteiger partial charge on any atom is 0.481 e. The second-order valence-electron chi connectivity index (χ2n) is 12.5. The van der Waals surface area contributed by atoms with Crippen molar-refractivity contribution in [1.29, 1.82) is 0 Å². The van der Waals surface area contributed by atoms with Gasteiger partial charge in [0.05, 0.1) is 30.8 Å². The number of hydrogen-bond acceptors (Lipinski definition) is 20. The Kier molecular flexibility index (Phi) is 17.3. The number of carbonyl (C=O) groups excluding carboxylic acids is 3. The molecule has 26 nitrogen and oxygen atoms in total. The molecule has 1 fully saturated rings. The minimum Gasteiger partial charge on any atom is -0.481 e. The first-order valence-electron chi connectivity index (χ1n) is 16.1. The first-order valence-corrected chi connectivity index (χ1v) is 22.0. The smallest absolute Gasteiger partial charge is 0.481 e. The summed E-state index contributed by atoms with van der Waals surface area (Å²) >= 11 is 5.66. The lowest BCUT2D eigenvalue weighted by atomic mass is 9.87. The van der Waals surface area contributed by atoms with Crippen molar-refractivity contribution in [2.24, 2.45) is 5.41 Å². The van der Waals surface area contributed by atoms with Gasteiger partial charge >= 0.3 is 29.4 Å². The van der Waals surface area contributed by atoms with Crippen LogP contribution in [0.4, 0.5) is 5.82 Å². The summed E-state index contributed by atoms with van der Waals surface area (Å²) in [5.41, 5.74) is 4.19. The molecule has 3 rings (SSSR count). The molecule has 57 heavy (non-hydrogen) atoms. The lowest BCUT2D eigenvalue weighted by molar-refractivity contribution is -0.137. The van der Waals surface area contributed by atoms with Crippen molar-refractivity contribution >= 4 is 92.2 Å². The van der Waals surface area contributed by atoms with Crippen LogP contribution in [-0.4, -0.2) is 139 Å². The van der Waals surface area contributed by atoms with E-state index < -0.39 is 95.6 Å². The number of phosphoric ester groups is 3. The molecule has 1 aliphatic rings. The Morgan fingerprint density at radius 1 is 1.04 bits per heavy atom. The van der Waals surface area contributed by atoms with Gasteiger partial charge in [0.1, 0.15) is 36.3 Å². The Morgan fingerprint density at radius 3 is 2.35 bits per heavy atom. The zero-order valence-corrected chi connectivity index (χ0v) is 34.1. The summed E-state index contributed by atoms with van der Waals surface area (Å²) in [6.07, 6.45) is -7.50. The van der Waals surface area contributed by atoms with Gasteiger partial charge in [-0.1, -0.05) is 37.8 Å². The normalized spacial score (nSPS) is 21.3. The number of aromatic nitrogens is 4. The highest BCUT2D eigenvalue weighted by Gasteiger charge is 2.50. The molecule has 2 aromatic heterocycles. The van der Waals surface area contributed by atoms with Crippen LogP contribution in [0.3, 0.4) is 0 Å². The third-order valence-corrected chi connectivity index (χ3v) is 12.1. The maximum absolute atomic E-state index is 12.7. The predicted molar refractivity (Wildman–Crippen MR) is 197 cm³/mol. The van der Waals surface area contributed by atoms with Crippen molar-refractivity contribution < 1.29 is 90.4 Å². The molecule has 1 aliphatic heterocycles. The SMILES string of the molecule is CC(C)(COP(=O)(O)OP(=O)(O)OC[C@H]1O[C@@H](n2cnc3c(N)ncnc32)[C@H](O)[C@@H]1OP(=O)(O)O)C(O)C(=O)NCCC(=O)NCCSC(=O)C(=S)CCC(=O)O. The number of aliphatic hydroxyl groups is 2. The number of imidazole rings is 1. The first kappa shape index (κ1) is 48.5. The van der Waals surface area contributed by atoms with E-state index in [1.54, 1.807) is 0 Å². The number of nitrogens with one attached hydrogen (secondary N) is 2. The lowest BCUT2D eigenvalue weighted by Gasteiger charge is -2.30. The van der Waals surface area contributed by atoms with E-state index in [1.165, 1.54) is 13.8 Å². The van der Waals surface area contributed by atoms with Crippen molar-refractivity contribution in [3.63, 3.8) is 0 Å². The number of thioether (sulfide) groups is 1. The number of anilines is 1. The average molecular weight is 912 g/mol. The summed E-state index contributed by atoms with van der Waals surface area (Å²) in [5, 5.41) is 34.3. The number of thiocarbonyl (C=S) groups is 1. The molecule has 0 spiro atoms. The fourth-order valence-corrected chi connectivity index (χ4v) is 8.44. The maximum atomic E-state index is 12.7. The van der Waals surface area contributed by atoms with Gasteiger partial charge in [0.25, 0.3) is 0 Å². The standard InChI is InChI=1S/C26H40N7O19P3S2/c1-26(2,20(38)23(39)29-6-5-15(34)28-7-8-57-25(40)14(56)3-4-16(35)36)10-49-55(46,47)52-54(44,45)48-9-13-19(51-53(41,42)43)18(37)24(50-13)33-12-32-17-21(27)30-11-31-22(17)33/h11-13,18-20,24,37-38H,3-10H2,1-2H3,(H,28,34)(H,29,39)(H,35,36)(H,44,45)(H,46,47)(H2,27,30,31)(H2,41,42,43)/t13-,18-,19-,20?,24-/m1/s1. The van der Waals surface area contributed by atoms with Gasteiger partial charge in [-0.15, -0.1) is 0 Å². The topological polar surface area (TPSA) is 401 Å². The van der Waals surface area contributed by atoms with E-state index in [0.29, 0.717) is 0 Å². The van der Waals surface area contributed by atoms with Crippen molar-refractivity contribution in [3.8, 4) is 0 Å². The monoisotopic (exact) mass is 911 g/mol. The molecule has 1 saturated heterocycles. The van der Waals surface area contributed by atoms with E-state index in [0.717, 1.165) is 29.0 Å². The van der Waals surface area contributed by atoms with Gasteiger partial charge in [-0.2, -0.15) is 4.31 Å². The van der Waals surface area contributed by atoms with E-state index >= 15 is 0 Å². The van der Waals surface area contributed by atoms with Crippen LogP contribution in [0, 0.1) is 5.41 Å². The van der Waals surface area contributed by atoms with E-state index in [9.17, 15) is 62.7 Å². The minimum absolute atomic E-state index is 0.0175. The van der Waals surface area contributed by atoms with Crippen molar-refractivity contribution in [3.05, 3.63) is 12.7 Å². The van der Waals surface area contributed by atoms with Gasteiger partial charge in [0, 0.05) is 30.7 Å². The Bertz CT molecular complexity index is 1950. The second kappa shape index (κ2) is 20.4. The number of aliphatic hydroxyl groups excluding tert-OH is 2. The number of amides is 2. The van der Waals surface area contributed by atoms with Crippen molar-refractivity contribution in [1.82, 2.24) is 30.2 Å². The number of nitrogens with zero attached hydrogens (tertiary/aromatic N) is 4. The van der Waals surface area contributed by atoms with Gasteiger partial charge in [-0.3, -0.25) is 37.3 Å². The van der Waals surface area contributed by atoms with Crippen LogP contribution >= 0.6 is 47.4 Å². The van der Waals surface area contributed by atoms with Crippen molar-refractivity contribution in [2.45, 2.75) is 63.8 Å². The van der Waals surface area contributed by atoms with Crippen LogP contribution in [0.1, 0.15) is 39.3 Å². The zero-order chi connectivity index (χ0) is 42.9. The van der Waals surface area contributed by atoms with Gasteiger partial charge < -0.3 is 56.0 Å². The van der Waals surface area contributed by atoms with Crippen LogP contribution in [0.15, 0.2) is 12.7 Å². The number of carboxylic acids is 1. The minimum atomic E-state index is -5.59. The average Bonchev–Trinajstić information content (AvgIpc) is 3.66. The second-order valence-corrected chi connectivity index (χ2v) is 18.3. The van der Waals surface area contributed by atoms with Crippen LogP contribution < -0.4 is 16.4 Å². The number of nitrogen functional groups attached to an aromatic ring is 1. The number of ether oxygens (including phenoxy) is 1. The van der Waals surface area contributed by atoms with E-state index in [2.05, 4.69) is 34.4 Å². The molecule has 0 saturated carbocycles. The molecule has 0 aliphatic carbocycles. The van der Waals surface area contributed by atoms with E-state index in [1.807, 2.05) is 0 Å². The molecule has 31 heteroatoms. The van der Waals surface area contributed by atoms with Crippen LogP contribution in [0.5, 0.6) is 0 Å². The molecule has 320 valence electrons. The fraction of sp³-hybridized carbons (Fsp3) is 0.615. The highest BCUT2D eigenvalue weighted by Crippen LogP contribution is 2.61. The number of fused-ring (bicyclic) bond motifs is 1. The number of nitrogens with two attached hydrogens (primary N) is 1. The summed E-state index contributed by atoms with van der Waals surface area (Å²) in [6.45, 7) is 0.150. The molecule has 11 N–H and O–H groups in total. The van der Waals surface area contributed by atoms with Crippen LogP contribution in [0.25, 0.3) is 11.2 Å². The molecule has 3 unspecified atom stereocenters. The van der Waals surface area contributed by atoms with Gasteiger partial charge in [-0.05, 0) is 6.42 Å². The summed E-state index contributed by atoms with van der Waals surface area (Å²) in [6, 6.07) is 0. The number of carboxylic acid groups (broad SMARTS) is 1. The third-order valence-electron chi connectivity index (χ3n) is 7.53. The quantitative estimate of drug-likeness (QED) is 0.0359. The molecule has 0 radical (unpaired) electrons. The van der Waals surface area contributed by atoms with Gasteiger partial charge in [0.2, 0.25) is 16.9 Å². The lowest BCUT2D eigenvalue weighted by Crippen LogP contribution is -2.46. The van der Waals surface area contributed by atoms with Gasteiger partial charge in [0.15, 0.2) is 17.7 Å². The number of hydrogen-bond donors (Lipinski definition) is 10. The van der Waals surface area contributed by atoms with Crippen molar-refractivity contribution in [2.75, 3.05) is 37.8 Å². The van der Waals surface area contributed by atoms with E-state index in [-0.39, 0.29) is 60.0 Å². The Morgan fingerprint density at radius 2 is 1.70 bits per heavy atom. The molecule has 2 amide bonds. The highest BCUT2D eigenvalue weighted by molar-refractivity contribution is 8.17. The first-order chi connectivity index (χ1) is 26.3. The summed E-state index contributed by atoms with van der Waals surface area (Å²) in [4.78, 5) is 97.9. The molecule has 7 atom stereocenters. The Balaban J connectivity index is 1.47. The van der Waals surface area contributed by atoms with Crippen LogP contribution in [-0.2, 0) is 55.5 Å². The summed E-state index contributed by atoms with van der Waals surface area (Å²) in [7, 11) is -16.5. The largest absolute Gasteiger partial charge is 0.481 e. The number of carbonyl (C=O) groups is 4.